The third kappa shape index (κ3) is 5.58. The number of anilines is 3. The molecule has 0 aliphatic heterocycles. The number of fused-ring (bicyclic) bond motifs is 4. The molecule has 0 amide bonds. The minimum absolute atomic E-state index is 0.112. The van der Waals surface area contributed by atoms with Crippen molar-refractivity contribution in [3.63, 3.8) is 0 Å². The van der Waals surface area contributed by atoms with E-state index in [9.17, 15) is 0 Å². The maximum Gasteiger partial charge on any atom is 0.0543 e. The van der Waals surface area contributed by atoms with E-state index >= 15 is 0 Å². The Kier molecular flexibility index (Phi) is 8.15. The smallest absolute Gasteiger partial charge is 0.0543 e. The molecular weight excluding hydrogens is 723 g/mol. The predicted molar refractivity (Wildman–Crippen MR) is 252 cm³/mol. The van der Waals surface area contributed by atoms with Gasteiger partial charge in [0.15, 0.2) is 0 Å². The second kappa shape index (κ2) is 13.7. The minimum Gasteiger partial charge on any atom is -0.309 e. The molecule has 0 aromatic heterocycles. The Morgan fingerprint density at radius 2 is 0.950 bits per heavy atom. The molecule has 1 nitrogen and oxygen atoms in total. The maximum absolute atomic E-state index is 2.54. The molecule has 5 aliphatic carbocycles. The van der Waals surface area contributed by atoms with Gasteiger partial charge in [0, 0.05) is 22.2 Å². The second-order valence-corrected chi connectivity index (χ2v) is 19.1. The highest BCUT2D eigenvalue weighted by molar-refractivity contribution is 6.09. The van der Waals surface area contributed by atoms with Crippen LogP contribution in [-0.4, -0.2) is 0 Å². The summed E-state index contributed by atoms with van der Waals surface area (Å²) in [5.74, 6) is 2.86. The third-order valence-electron chi connectivity index (χ3n) is 15.2. The first-order valence-corrected chi connectivity index (χ1v) is 22.3. The fourth-order valence-electron chi connectivity index (χ4n) is 12.9. The lowest BCUT2D eigenvalue weighted by Gasteiger charge is -2.57. The van der Waals surface area contributed by atoms with Gasteiger partial charge in [-0.2, -0.15) is 0 Å². The fourth-order valence-corrected chi connectivity index (χ4v) is 12.9. The van der Waals surface area contributed by atoms with Crippen molar-refractivity contribution in [2.75, 3.05) is 4.90 Å². The number of benzene rings is 8. The van der Waals surface area contributed by atoms with Crippen LogP contribution in [0.5, 0.6) is 0 Å². The summed E-state index contributed by atoms with van der Waals surface area (Å²) in [6.07, 6.45) is 8.67. The molecule has 0 unspecified atom stereocenters. The van der Waals surface area contributed by atoms with Gasteiger partial charge in [0.25, 0.3) is 0 Å². The van der Waals surface area contributed by atoms with E-state index in [0.29, 0.717) is 5.41 Å². The quantitative estimate of drug-likeness (QED) is 0.156. The Morgan fingerprint density at radius 3 is 1.65 bits per heavy atom. The lowest BCUT2D eigenvalue weighted by Crippen LogP contribution is -2.48. The van der Waals surface area contributed by atoms with E-state index in [0.717, 1.165) is 29.1 Å². The van der Waals surface area contributed by atoms with Crippen LogP contribution in [0, 0.1) is 17.8 Å². The highest BCUT2D eigenvalue weighted by Gasteiger charge is 2.51. The van der Waals surface area contributed by atoms with Gasteiger partial charge < -0.3 is 4.90 Å². The van der Waals surface area contributed by atoms with Crippen molar-refractivity contribution in [2.45, 2.75) is 63.2 Å². The van der Waals surface area contributed by atoms with E-state index in [1.807, 2.05) is 0 Å². The van der Waals surface area contributed by atoms with Crippen molar-refractivity contribution in [1.29, 1.82) is 0 Å². The van der Waals surface area contributed by atoms with E-state index in [1.165, 1.54) is 111 Å². The lowest BCUT2D eigenvalue weighted by molar-refractivity contribution is -0.00518. The third-order valence-corrected chi connectivity index (χ3v) is 15.2. The average molecular weight is 774 g/mol. The van der Waals surface area contributed by atoms with E-state index in [-0.39, 0.29) is 5.41 Å². The van der Waals surface area contributed by atoms with Crippen LogP contribution in [0.4, 0.5) is 17.1 Å². The van der Waals surface area contributed by atoms with Crippen molar-refractivity contribution in [3.05, 3.63) is 199 Å². The summed E-state index contributed by atoms with van der Waals surface area (Å²) in [7, 11) is 0. The molecule has 8 aromatic carbocycles. The second-order valence-electron chi connectivity index (χ2n) is 19.1. The molecule has 4 bridgehead atoms. The van der Waals surface area contributed by atoms with Crippen LogP contribution >= 0.6 is 0 Å². The highest BCUT2D eigenvalue weighted by atomic mass is 15.1. The van der Waals surface area contributed by atoms with Gasteiger partial charge in [0.05, 0.1) is 11.4 Å². The van der Waals surface area contributed by atoms with Crippen LogP contribution in [0.15, 0.2) is 182 Å². The van der Waals surface area contributed by atoms with Crippen LogP contribution in [0.3, 0.4) is 0 Å². The van der Waals surface area contributed by atoms with E-state index in [2.05, 4.69) is 201 Å². The Balaban J connectivity index is 1.01. The minimum atomic E-state index is -0.112. The van der Waals surface area contributed by atoms with Gasteiger partial charge in [-0.3, -0.25) is 0 Å². The van der Waals surface area contributed by atoms with Crippen molar-refractivity contribution in [3.8, 4) is 44.5 Å². The molecule has 0 heterocycles. The zero-order chi connectivity index (χ0) is 40.0. The standard InChI is InChI=1S/C59H51N/c1-58(2)52-21-8-6-18-51(52)57-53(58)22-12-24-55(57)60(54-23-9-7-17-49(54)50-20-11-16-45-15-10-19-48(56(45)50)44-13-4-3-5-14-44)47-31-27-43(28-32-47)42-25-29-46(30-26-42)59-36-39-33-40(37-59)35-41(34-39)38-59/h3-32,39-41H,33-38H2,1-2H3. The largest absolute Gasteiger partial charge is 0.309 e. The molecule has 0 N–H and O–H groups in total. The molecule has 4 saturated carbocycles. The van der Waals surface area contributed by atoms with Gasteiger partial charge in [0.1, 0.15) is 0 Å². The molecule has 13 rings (SSSR count). The summed E-state index contributed by atoms with van der Waals surface area (Å²) < 4.78 is 0. The summed E-state index contributed by atoms with van der Waals surface area (Å²) >= 11 is 0. The summed E-state index contributed by atoms with van der Waals surface area (Å²) in [4.78, 5) is 2.54. The molecular formula is C59H51N. The Labute approximate surface area is 355 Å². The topological polar surface area (TPSA) is 3.24 Å². The summed E-state index contributed by atoms with van der Waals surface area (Å²) in [5.41, 5.74) is 18.3. The van der Waals surface area contributed by atoms with Crippen LogP contribution < -0.4 is 4.90 Å². The highest BCUT2D eigenvalue weighted by Crippen LogP contribution is 2.61. The predicted octanol–water partition coefficient (Wildman–Crippen LogP) is 16.1. The van der Waals surface area contributed by atoms with Gasteiger partial charge in [-0.1, -0.05) is 172 Å². The van der Waals surface area contributed by atoms with E-state index in [1.54, 1.807) is 5.56 Å². The Bertz CT molecular complexity index is 2880. The molecule has 5 aliphatic rings. The van der Waals surface area contributed by atoms with Gasteiger partial charge >= 0.3 is 0 Å². The number of para-hydroxylation sites is 1. The molecule has 292 valence electrons. The SMILES string of the molecule is CC1(C)c2ccccc2-c2c(N(c3ccc(-c4ccc(C56CC7CC(CC(C7)C5)C6)cc4)cc3)c3ccccc3-c3cccc4cccc(-c5ccccc5)c34)cccc21. The summed E-state index contributed by atoms with van der Waals surface area (Å²) in [6, 6.07) is 68.6. The van der Waals surface area contributed by atoms with Gasteiger partial charge in [-0.25, -0.2) is 0 Å². The summed E-state index contributed by atoms with van der Waals surface area (Å²) in [5, 5.41) is 2.51. The van der Waals surface area contributed by atoms with Crippen molar-refractivity contribution in [2.24, 2.45) is 17.8 Å². The first-order valence-electron chi connectivity index (χ1n) is 22.3. The van der Waals surface area contributed by atoms with Gasteiger partial charge in [0.2, 0.25) is 0 Å². The first-order chi connectivity index (χ1) is 29.4. The van der Waals surface area contributed by atoms with Crippen LogP contribution in [0.25, 0.3) is 55.3 Å². The van der Waals surface area contributed by atoms with E-state index < -0.39 is 0 Å². The molecule has 0 radical (unpaired) electrons. The van der Waals surface area contributed by atoms with Crippen molar-refractivity contribution >= 4 is 27.8 Å². The lowest BCUT2D eigenvalue weighted by atomic mass is 9.48. The molecule has 8 aromatic rings. The summed E-state index contributed by atoms with van der Waals surface area (Å²) in [6.45, 7) is 4.76. The first kappa shape index (κ1) is 35.7. The number of hydrogen-bond donors (Lipinski definition) is 0. The normalized spacial score (nSPS) is 21.8. The fraction of sp³-hybridized carbons (Fsp3) is 0.220. The van der Waals surface area contributed by atoms with Crippen LogP contribution in [0.2, 0.25) is 0 Å². The molecule has 60 heavy (non-hydrogen) atoms. The zero-order valence-corrected chi connectivity index (χ0v) is 34.7. The monoisotopic (exact) mass is 773 g/mol. The van der Waals surface area contributed by atoms with Gasteiger partial charge in [-0.15, -0.1) is 0 Å². The Morgan fingerprint density at radius 1 is 0.417 bits per heavy atom. The average Bonchev–Trinajstić information content (AvgIpc) is 3.52. The van der Waals surface area contributed by atoms with Crippen LogP contribution in [-0.2, 0) is 10.8 Å². The van der Waals surface area contributed by atoms with Gasteiger partial charge in [-0.05, 0) is 147 Å². The molecule has 0 atom stereocenters. The van der Waals surface area contributed by atoms with Crippen molar-refractivity contribution < 1.29 is 0 Å². The molecule has 0 spiro atoms. The Hall–Kier alpha value is -6.18. The van der Waals surface area contributed by atoms with E-state index in [4.69, 9.17) is 0 Å². The zero-order valence-electron chi connectivity index (χ0n) is 34.7. The van der Waals surface area contributed by atoms with Crippen LogP contribution in [0.1, 0.15) is 69.1 Å². The number of nitrogens with zero attached hydrogens (tertiary/aromatic N) is 1. The number of rotatable bonds is 7. The number of hydrogen-bond acceptors (Lipinski definition) is 1. The molecule has 0 saturated heterocycles. The maximum atomic E-state index is 2.54. The molecule has 1 heteroatoms. The molecule has 4 fully saturated rings. The van der Waals surface area contributed by atoms with Crippen molar-refractivity contribution in [1.82, 2.24) is 0 Å².